The Kier molecular flexibility index (Phi) is 4.87. The van der Waals surface area contributed by atoms with Crippen molar-refractivity contribution in [3.05, 3.63) is 29.3 Å². The van der Waals surface area contributed by atoms with Crippen molar-refractivity contribution in [2.24, 2.45) is 5.73 Å². The van der Waals surface area contributed by atoms with Crippen LogP contribution in [0.2, 0.25) is 5.02 Å². The number of carbonyl (C=O) groups excluding carboxylic acids is 1. The quantitative estimate of drug-likeness (QED) is 0.761. The van der Waals surface area contributed by atoms with Crippen molar-refractivity contribution in [2.75, 3.05) is 13.1 Å². The minimum absolute atomic E-state index is 0.0673. The van der Waals surface area contributed by atoms with Gasteiger partial charge in [-0.2, -0.15) is 4.31 Å². The summed E-state index contributed by atoms with van der Waals surface area (Å²) in [5, 5.41) is 8.62. The number of primary amides is 1. The molecule has 0 radical (unpaired) electrons. The van der Waals surface area contributed by atoms with Gasteiger partial charge in [-0.15, -0.1) is 0 Å². The number of nitrogens with two attached hydrogens (primary N) is 1. The maximum absolute atomic E-state index is 12.2. The lowest BCUT2D eigenvalue weighted by Crippen LogP contribution is -2.41. The number of hydrogen-bond donors (Lipinski definition) is 2. The highest BCUT2D eigenvalue weighted by Crippen LogP contribution is 2.23. The molecule has 0 atom stereocenters. The average Bonchev–Trinajstić information content (AvgIpc) is 2.27. The minimum Gasteiger partial charge on any atom is -0.480 e. The molecule has 1 aromatic carbocycles. The van der Waals surface area contributed by atoms with Crippen LogP contribution in [-0.2, 0) is 19.6 Å². The summed E-state index contributed by atoms with van der Waals surface area (Å²) in [5.41, 5.74) is 4.91. The van der Waals surface area contributed by atoms with Crippen LogP contribution in [0.4, 0.5) is 0 Å². The Hall–Kier alpha value is -1.64. The number of halogens is 1. The fourth-order valence-corrected chi connectivity index (χ4v) is 3.19. The normalized spacial score (nSPS) is 11.5. The molecule has 0 bridgehead atoms. The molecule has 0 spiro atoms. The first-order valence-electron chi connectivity index (χ1n) is 5.00. The monoisotopic (exact) mass is 306 g/mol. The summed E-state index contributed by atoms with van der Waals surface area (Å²) in [6, 6.07) is 5.52. The second-order valence-corrected chi connectivity index (χ2v) is 5.88. The van der Waals surface area contributed by atoms with Crippen LogP contribution in [0.15, 0.2) is 29.2 Å². The third-order valence-electron chi connectivity index (χ3n) is 2.10. The van der Waals surface area contributed by atoms with Gasteiger partial charge in [-0.25, -0.2) is 8.42 Å². The molecule has 3 N–H and O–H groups in total. The van der Waals surface area contributed by atoms with Gasteiger partial charge in [0, 0.05) is 0 Å². The van der Waals surface area contributed by atoms with Gasteiger partial charge in [-0.05, 0) is 12.1 Å². The zero-order chi connectivity index (χ0) is 14.6. The minimum atomic E-state index is -4.20. The first-order chi connectivity index (χ1) is 8.75. The molecule has 0 heterocycles. The number of sulfonamides is 1. The Labute approximate surface area is 114 Å². The van der Waals surface area contributed by atoms with E-state index in [9.17, 15) is 18.0 Å². The highest BCUT2D eigenvalue weighted by Gasteiger charge is 2.29. The number of carboxylic acids is 1. The van der Waals surface area contributed by atoms with Crippen LogP contribution in [-0.4, -0.2) is 42.8 Å². The maximum atomic E-state index is 12.2. The molecule has 1 aromatic rings. The van der Waals surface area contributed by atoms with Crippen LogP contribution < -0.4 is 5.73 Å². The summed E-state index contributed by atoms with van der Waals surface area (Å²) in [6.07, 6.45) is 0. The van der Waals surface area contributed by atoms with E-state index in [0.717, 1.165) is 0 Å². The molecule has 1 amide bonds. The number of amides is 1. The van der Waals surface area contributed by atoms with Gasteiger partial charge in [-0.1, -0.05) is 23.7 Å². The number of aliphatic carboxylic acids is 1. The number of benzene rings is 1. The fourth-order valence-electron chi connectivity index (χ4n) is 1.34. The molecule has 7 nitrogen and oxygen atoms in total. The highest BCUT2D eigenvalue weighted by atomic mass is 35.5. The molecule has 0 unspecified atom stereocenters. The summed E-state index contributed by atoms with van der Waals surface area (Å²) < 4.78 is 24.8. The Bertz CT molecular complexity index is 586. The molecule has 9 heteroatoms. The van der Waals surface area contributed by atoms with Crippen molar-refractivity contribution in [1.29, 1.82) is 0 Å². The van der Waals surface area contributed by atoms with E-state index in [1.807, 2.05) is 0 Å². The average molecular weight is 307 g/mol. The second kappa shape index (κ2) is 6.00. The van der Waals surface area contributed by atoms with Crippen molar-refractivity contribution < 1.29 is 23.1 Å². The SMILES string of the molecule is NC(=O)CN(CC(=O)O)S(=O)(=O)c1ccccc1Cl. The third-order valence-corrected chi connectivity index (χ3v) is 4.39. The molecule has 19 heavy (non-hydrogen) atoms. The van der Waals surface area contributed by atoms with E-state index in [-0.39, 0.29) is 9.92 Å². The third kappa shape index (κ3) is 3.91. The molecule has 0 aliphatic heterocycles. The lowest BCUT2D eigenvalue weighted by atomic mass is 10.4. The highest BCUT2D eigenvalue weighted by molar-refractivity contribution is 7.89. The van der Waals surface area contributed by atoms with E-state index < -0.39 is 35.0 Å². The molecule has 0 aliphatic carbocycles. The summed E-state index contributed by atoms with van der Waals surface area (Å²) >= 11 is 5.76. The van der Waals surface area contributed by atoms with Crippen LogP contribution in [0.25, 0.3) is 0 Å². The Morgan fingerprint density at radius 2 is 1.84 bits per heavy atom. The zero-order valence-corrected chi connectivity index (χ0v) is 11.2. The topological polar surface area (TPSA) is 118 Å². The zero-order valence-electron chi connectivity index (χ0n) is 9.61. The van der Waals surface area contributed by atoms with Gasteiger partial charge < -0.3 is 10.8 Å². The Balaban J connectivity index is 3.23. The van der Waals surface area contributed by atoms with Crippen LogP contribution in [0.3, 0.4) is 0 Å². The predicted molar refractivity (Wildman–Crippen MR) is 67.0 cm³/mol. The van der Waals surface area contributed by atoms with Gasteiger partial charge in [-0.3, -0.25) is 9.59 Å². The predicted octanol–water partition coefficient (Wildman–Crippen LogP) is -0.0994. The van der Waals surface area contributed by atoms with Gasteiger partial charge in [0.25, 0.3) is 0 Å². The molecule has 0 aromatic heterocycles. The van der Waals surface area contributed by atoms with Gasteiger partial charge in [0.2, 0.25) is 15.9 Å². The first kappa shape index (κ1) is 15.4. The molecular weight excluding hydrogens is 296 g/mol. The Morgan fingerprint density at radius 3 is 2.32 bits per heavy atom. The van der Waals surface area contributed by atoms with Crippen LogP contribution in [0.5, 0.6) is 0 Å². The van der Waals surface area contributed by atoms with E-state index >= 15 is 0 Å². The van der Waals surface area contributed by atoms with Crippen molar-refractivity contribution in [2.45, 2.75) is 4.90 Å². The molecule has 0 saturated heterocycles. The van der Waals surface area contributed by atoms with E-state index in [1.165, 1.54) is 24.3 Å². The van der Waals surface area contributed by atoms with Crippen LogP contribution in [0, 0.1) is 0 Å². The van der Waals surface area contributed by atoms with Crippen molar-refractivity contribution in [3.63, 3.8) is 0 Å². The summed E-state index contributed by atoms with van der Waals surface area (Å²) in [5.74, 6) is -2.37. The van der Waals surface area contributed by atoms with Crippen molar-refractivity contribution in [3.8, 4) is 0 Å². The van der Waals surface area contributed by atoms with Crippen molar-refractivity contribution >= 4 is 33.5 Å². The number of hydrogen-bond acceptors (Lipinski definition) is 4. The molecule has 104 valence electrons. The molecule has 0 aliphatic rings. The van der Waals surface area contributed by atoms with E-state index in [1.54, 1.807) is 0 Å². The maximum Gasteiger partial charge on any atom is 0.318 e. The van der Waals surface area contributed by atoms with Crippen molar-refractivity contribution in [1.82, 2.24) is 4.31 Å². The fraction of sp³-hybridized carbons (Fsp3) is 0.200. The first-order valence-corrected chi connectivity index (χ1v) is 6.81. The van der Waals surface area contributed by atoms with Crippen LogP contribution >= 0.6 is 11.6 Å². The standard InChI is InChI=1S/C10H11ClN2O5S/c11-7-3-1-2-4-8(7)19(17,18)13(5-9(12)14)6-10(15)16/h1-4H,5-6H2,(H2,12,14)(H,15,16). The van der Waals surface area contributed by atoms with Gasteiger partial charge in [0.1, 0.15) is 11.4 Å². The summed E-state index contributed by atoms with van der Waals surface area (Å²) in [6.45, 7) is -1.61. The van der Waals surface area contributed by atoms with E-state index in [2.05, 4.69) is 0 Å². The number of carboxylic acid groups (broad SMARTS) is 1. The largest absolute Gasteiger partial charge is 0.480 e. The number of nitrogens with zero attached hydrogens (tertiary/aromatic N) is 1. The second-order valence-electron chi connectivity index (χ2n) is 3.56. The smallest absolute Gasteiger partial charge is 0.318 e. The Morgan fingerprint density at radius 1 is 1.26 bits per heavy atom. The summed E-state index contributed by atoms with van der Waals surface area (Å²) in [7, 11) is -4.20. The number of rotatable bonds is 6. The summed E-state index contributed by atoms with van der Waals surface area (Å²) in [4.78, 5) is 21.2. The molecule has 0 fully saturated rings. The van der Waals surface area contributed by atoms with Gasteiger partial charge in [0.05, 0.1) is 11.6 Å². The molecule has 1 rings (SSSR count). The molecular formula is C10H11ClN2O5S. The number of carbonyl (C=O) groups is 2. The van der Waals surface area contributed by atoms with E-state index in [0.29, 0.717) is 4.31 Å². The van der Waals surface area contributed by atoms with Crippen LogP contribution in [0.1, 0.15) is 0 Å². The van der Waals surface area contributed by atoms with Gasteiger partial charge >= 0.3 is 5.97 Å². The van der Waals surface area contributed by atoms with Gasteiger partial charge in [0.15, 0.2) is 0 Å². The lowest BCUT2D eigenvalue weighted by Gasteiger charge is -2.19. The molecule has 0 saturated carbocycles. The lowest BCUT2D eigenvalue weighted by molar-refractivity contribution is -0.137. The van der Waals surface area contributed by atoms with E-state index in [4.69, 9.17) is 22.4 Å².